The van der Waals surface area contributed by atoms with Crippen molar-refractivity contribution in [3.63, 3.8) is 0 Å². The maximum Gasteiger partial charge on any atom is 0.481 e. The minimum absolute atomic E-state index is 0.0161. The summed E-state index contributed by atoms with van der Waals surface area (Å²) in [5.74, 6) is -4.18. The topological polar surface area (TPSA) is 326 Å². The van der Waals surface area contributed by atoms with Gasteiger partial charge in [0.2, 0.25) is 0 Å². The van der Waals surface area contributed by atoms with Crippen LogP contribution in [0, 0.1) is 11.8 Å². The Hall–Kier alpha value is -3.66. The van der Waals surface area contributed by atoms with Gasteiger partial charge in [0.25, 0.3) is 0 Å². The Bertz CT molecular complexity index is 2170. The first-order valence-electron chi connectivity index (χ1n) is 28.1. The van der Waals surface area contributed by atoms with E-state index < -0.39 is 120 Å². The van der Waals surface area contributed by atoms with Gasteiger partial charge in [-0.25, -0.2) is 13.9 Å². The van der Waals surface area contributed by atoms with Gasteiger partial charge in [0.15, 0.2) is 6.10 Å². The fourth-order valence-corrected chi connectivity index (χ4v) is 11.0. The van der Waals surface area contributed by atoms with Crippen LogP contribution in [0.15, 0.2) is 77.8 Å². The van der Waals surface area contributed by atoms with Crippen molar-refractivity contribution >= 4 is 33.4 Å². The fraction of sp³-hybridized carbons (Fsp3) is 0.709. The van der Waals surface area contributed by atoms with Crippen molar-refractivity contribution < 1.29 is 81.6 Å². The lowest BCUT2D eigenvalue weighted by Gasteiger charge is -2.40. The summed E-state index contributed by atoms with van der Waals surface area (Å²) in [7, 11) is -11.3. The number of nitrogen functional groups attached to an aromatic ring is 1. The van der Waals surface area contributed by atoms with Crippen LogP contribution in [0.4, 0.5) is 5.82 Å². The molecule has 2 aliphatic heterocycles. The predicted molar refractivity (Wildman–Crippen MR) is 295 cm³/mol. The Morgan fingerprint density at radius 1 is 0.808 bits per heavy atom. The fourth-order valence-electron chi connectivity index (χ4n) is 8.89. The molecule has 0 aliphatic carbocycles. The number of esters is 2. The molecule has 9 N–H and O–H groups in total. The number of phosphoric ester groups is 2. The number of rotatable bonds is 26. The normalized spacial score (nSPS) is 29.7. The van der Waals surface area contributed by atoms with Crippen LogP contribution in [0.25, 0.3) is 0 Å². The van der Waals surface area contributed by atoms with Crippen LogP contribution in [0.5, 0.6) is 0 Å². The van der Waals surface area contributed by atoms with E-state index in [0.29, 0.717) is 25.7 Å². The maximum absolute atomic E-state index is 13.4. The number of fused-ring (bicyclic) bond motifs is 3. The summed E-state index contributed by atoms with van der Waals surface area (Å²) in [6.07, 6.45) is 23.9. The number of nitrogens with zero attached hydrogens (tertiary/aromatic N) is 2. The largest absolute Gasteiger partial charge is 0.481 e. The van der Waals surface area contributed by atoms with Crippen molar-refractivity contribution in [2.75, 3.05) is 25.6 Å². The first kappa shape index (κ1) is 68.6. The number of nitrogens with two attached hydrogens (primary N) is 1. The summed E-state index contributed by atoms with van der Waals surface area (Å²) in [6, 6.07) is 1.24. The molecule has 2 aliphatic rings. The molecule has 78 heavy (non-hydrogen) atoms. The van der Waals surface area contributed by atoms with Gasteiger partial charge in [-0.3, -0.25) is 23.2 Å². The molecule has 0 saturated carbocycles. The summed E-state index contributed by atoms with van der Waals surface area (Å²) >= 11 is 0. The van der Waals surface area contributed by atoms with Crippen LogP contribution in [0.3, 0.4) is 0 Å². The molecule has 0 spiro atoms. The van der Waals surface area contributed by atoms with Crippen LogP contribution < -0.4 is 11.4 Å². The van der Waals surface area contributed by atoms with E-state index in [0.717, 1.165) is 75.2 Å². The molecule has 3 rings (SSSR count). The van der Waals surface area contributed by atoms with Gasteiger partial charge in [-0.15, -0.1) is 0 Å². The molecule has 21 nitrogen and oxygen atoms in total. The molecule has 1 saturated heterocycles. The summed E-state index contributed by atoms with van der Waals surface area (Å²) in [6.45, 7) is 1.47. The minimum atomic E-state index is -5.72. The quantitative estimate of drug-likeness (QED) is 0.0186. The molecule has 0 radical (unpaired) electrons. The lowest BCUT2D eigenvalue weighted by Crippen LogP contribution is -2.52. The number of cyclic esters (lactones) is 1. The number of aliphatic hydroxyl groups is 5. The summed E-state index contributed by atoms with van der Waals surface area (Å²) < 4.78 is 59.2. The number of carbonyl (C=O) groups is 2. The SMILES string of the molecule is CCCCCC/C=C\C/C=C\C/C=C\CCCCCCCCC(=O)O[C@@H]1COC(=O)CCC/C=C\C[C@@H]2[C@H](n3ccc(N)nc3=O)O[C@H](COP(=O)(O)OP(=O)(O)OC1)[C@@H](O)[C@@H](O)[C@@H](/C=C/[C@@H](O)CCCCC)[C@H](O)C[C@@H]2O. The number of carbonyl (C=O) groups excluding carboxylic acids is 2. The van der Waals surface area contributed by atoms with Gasteiger partial charge in [0, 0.05) is 37.3 Å². The van der Waals surface area contributed by atoms with Crippen LogP contribution in [-0.2, 0) is 46.3 Å². The molecule has 1 fully saturated rings. The highest BCUT2D eigenvalue weighted by Crippen LogP contribution is 2.60. The lowest BCUT2D eigenvalue weighted by molar-refractivity contribution is -0.194. The number of hydrogen-bond donors (Lipinski definition) is 8. The Labute approximate surface area is 460 Å². The number of allylic oxidation sites excluding steroid dienone is 8. The molecule has 23 heteroatoms. The number of hydrogen-bond acceptors (Lipinski definition) is 18. The lowest BCUT2D eigenvalue weighted by atomic mass is 9.82. The summed E-state index contributed by atoms with van der Waals surface area (Å²) in [4.78, 5) is 64.4. The third-order valence-corrected chi connectivity index (χ3v) is 16.0. The number of ether oxygens (including phenoxy) is 3. The summed E-state index contributed by atoms with van der Waals surface area (Å²) in [5.41, 5.74) is 4.78. The Kier molecular flexibility index (Phi) is 34.2. The molecular formula is C55H91N3O18P2. The second-order valence-corrected chi connectivity index (χ2v) is 23.1. The highest BCUT2D eigenvalue weighted by molar-refractivity contribution is 7.61. The van der Waals surface area contributed by atoms with Crippen molar-refractivity contribution in [1.82, 2.24) is 9.55 Å². The van der Waals surface area contributed by atoms with Gasteiger partial charge in [0.1, 0.15) is 30.9 Å². The van der Waals surface area contributed by atoms with Crippen LogP contribution in [0.2, 0.25) is 0 Å². The third-order valence-electron chi connectivity index (χ3n) is 13.4. The maximum atomic E-state index is 13.4. The molecule has 1 aromatic heterocycles. The molecule has 0 amide bonds. The second kappa shape index (κ2) is 38.9. The Morgan fingerprint density at radius 2 is 1.42 bits per heavy atom. The van der Waals surface area contributed by atoms with E-state index in [9.17, 15) is 58.8 Å². The van der Waals surface area contributed by atoms with Crippen molar-refractivity contribution in [2.45, 2.75) is 217 Å². The highest BCUT2D eigenvalue weighted by atomic mass is 31.3. The van der Waals surface area contributed by atoms with E-state index in [2.05, 4.69) is 52.7 Å². The van der Waals surface area contributed by atoms with E-state index in [-0.39, 0.29) is 31.5 Å². The molecule has 1 aromatic rings. The standard InChI is InChI=1S/C55H91N3O18P2/c1-3-5-7-8-9-10-11-12-13-14-15-16-17-18-19-20-21-22-23-29-33-51(63)74-43-39-71-50(62)32-28-25-24-27-31-45-47(61)38-46(60)44(35-34-42(59)30-26-6-4-2)52(64)53(65)48(41-73-78(69,70)76-77(67,68)72-40-43)75-54(45)58-37-36-49(56)57-55(58)66/h10-11,13-14,16-17,24,27,34-37,42-48,52-54,59-61,64-65H,3-9,12,15,18-23,25-26,28-33,38-41H2,1-2H3,(H,67,68)(H,69,70)(H2,56,57,66)/b11-10-,14-13-,17-16-,27-24-,35-34+/t42-,43+,44-,45-,46+,47-,48+,52-,53+,54+/m0/s1. The number of phosphoric acid groups is 2. The van der Waals surface area contributed by atoms with Crippen molar-refractivity contribution in [3.05, 3.63) is 83.5 Å². The van der Waals surface area contributed by atoms with Crippen LogP contribution in [0.1, 0.15) is 174 Å². The molecule has 444 valence electrons. The van der Waals surface area contributed by atoms with Gasteiger partial charge in [0.05, 0.1) is 37.6 Å². The van der Waals surface area contributed by atoms with E-state index in [1.807, 2.05) is 6.92 Å². The number of unbranched alkanes of at least 4 members (excludes halogenated alkanes) is 12. The first-order valence-corrected chi connectivity index (χ1v) is 31.0. The molecule has 2 bridgehead atoms. The van der Waals surface area contributed by atoms with Gasteiger partial charge in [-0.05, 0) is 76.7 Å². The average Bonchev–Trinajstić information content (AvgIpc) is 3.41. The van der Waals surface area contributed by atoms with E-state index in [1.165, 1.54) is 50.1 Å². The second-order valence-electron chi connectivity index (χ2n) is 20.0. The zero-order valence-corrected chi connectivity index (χ0v) is 47.6. The molecule has 3 heterocycles. The van der Waals surface area contributed by atoms with Crippen molar-refractivity contribution in [3.8, 4) is 0 Å². The monoisotopic (exact) mass is 1140 g/mol. The molecule has 0 aromatic carbocycles. The van der Waals surface area contributed by atoms with Crippen LogP contribution in [-0.4, -0.2) is 119 Å². The third kappa shape index (κ3) is 28.7. The Balaban J connectivity index is 1.71. The molecular weight excluding hydrogens is 1050 g/mol. The van der Waals surface area contributed by atoms with E-state index >= 15 is 0 Å². The Morgan fingerprint density at radius 3 is 2.09 bits per heavy atom. The number of aliphatic hydroxyl groups excluding tert-OH is 5. The smallest absolute Gasteiger partial charge is 0.462 e. The number of anilines is 1. The van der Waals surface area contributed by atoms with Gasteiger partial charge in [-0.2, -0.15) is 9.29 Å². The first-order chi connectivity index (χ1) is 37.4. The molecule has 2 unspecified atom stereocenters. The average molecular weight is 1140 g/mol. The zero-order chi connectivity index (χ0) is 57.2. The van der Waals surface area contributed by atoms with E-state index in [1.54, 1.807) is 12.2 Å². The highest BCUT2D eigenvalue weighted by Gasteiger charge is 2.45. The summed E-state index contributed by atoms with van der Waals surface area (Å²) in [5, 5.41) is 57.6. The van der Waals surface area contributed by atoms with Crippen LogP contribution >= 0.6 is 15.6 Å². The predicted octanol–water partition coefficient (Wildman–Crippen LogP) is 8.66. The van der Waals surface area contributed by atoms with Crippen molar-refractivity contribution in [1.29, 1.82) is 0 Å². The molecule has 12 atom stereocenters. The van der Waals surface area contributed by atoms with Crippen molar-refractivity contribution in [2.24, 2.45) is 11.8 Å². The number of aromatic nitrogens is 2. The zero-order valence-electron chi connectivity index (χ0n) is 45.8. The van der Waals surface area contributed by atoms with Gasteiger partial charge >= 0.3 is 33.3 Å². The van der Waals surface area contributed by atoms with Gasteiger partial charge in [-0.1, -0.05) is 139 Å². The minimum Gasteiger partial charge on any atom is -0.462 e. The van der Waals surface area contributed by atoms with Gasteiger partial charge < -0.3 is 55.3 Å². The van der Waals surface area contributed by atoms with E-state index in [4.69, 9.17) is 29.0 Å².